The van der Waals surface area contributed by atoms with Crippen LogP contribution in [0.1, 0.15) is 11.1 Å². The molecule has 0 aromatic heterocycles. The number of benzene rings is 2. The minimum Gasteiger partial charge on any atom is -0.355 e. The third-order valence-corrected chi connectivity index (χ3v) is 5.56. The summed E-state index contributed by atoms with van der Waals surface area (Å²) in [4.78, 5) is 11.8. The molecular formula is C18H19ClFNOS2. The monoisotopic (exact) mass is 383 g/mol. The number of thioether (sulfide) groups is 2. The van der Waals surface area contributed by atoms with Gasteiger partial charge >= 0.3 is 0 Å². The van der Waals surface area contributed by atoms with Gasteiger partial charge < -0.3 is 5.32 Å². The lowest BCUT2D eigenvalue weighted by Crippen LogP contribution is -2.27. The Morgan fingerprint density at radius 2 is 1.83 bits per heavy atom. The molecule has 0 spiro atoms. The normalized spacial score (nSPS) is 10.6. The number of hydrogen-bond donors (Lipinski definition) is 1. The van der Waals surface area contributed by atoms with Crippen molar-refractivity contribution in [1.29, 1.82) is 0 Å². The molecule has 0 heterocycles. The highest BCUT2D eigenvalue weighted by Gasteiger charge is 2.07. The minimum atomic E-state index is -0.281. The van der Waals surface area contributed by atoms with Crippen LogP contribution in [0.5, 0.6) is 0 Å². The molecule has 0 aliphatic rings. The van der Waals surface area contributed by atoms with Crippen LogP contribution in [0.3, 0.4) is 0 Å². The lowest BCUT2D eigenvalue weighted by molar-refractivity contribution is -0.118. The first kappa shape index (κ1) is 19.2. The van der Waals surface area contributed by atoms with Gasteiger partial charge in [0.2, 0.25) is 5.91 Å². The molecule has 0 aliphatic heterocycles. The van der Waals surface area contributed by atoms with Crippen LogP contribution < -0.4 is 5.32 Å². The summed E-state index contributed by atoms with van der Waals surface area (Å²) in [6, 6.07) is 14.8. The van der Waals surface area contributed by atoms with E-state index in [9.17, 15) is 9.18 Å². The maximum atomic E-state index is 13.6. The van der Waals surface area contributed by atoms with Crippen LogP contribution in [0.25, 0.3) is 0 Å². The molecule has 128 valence electrons. The Hall–Kier alpha value is -1.17. The van der Waals surface area contributed by atoms with E-state index in [1.807, 2.05) is 18.2 Å². The number of halogens is 2. The summed E-state index contributed by atoms with van der Waals surface area (Å²) in [5.41, 5.74) is 1.74. The fraction of sp³-hybridized carbons (Fsp3) is 0.278. The highest BCUT2D eigenvalue weighted by Crippen LogP contribution is 2.23. The number of amides is 1. The maximum absolute atomic E-state index is 13.6. The van der Waals surface area contributed by atoms with Gasteiger partial charge in [0.15, 0.2) is 0 Å². The zero-order chi connectivity index (χ0) is 17.2. The quantitative estimate of drug-likeness (QED) is 0.633. The van der Waals surface area contributed by atoms with Crippen LogP contribution in [-0.4, -0.2) is 24.0 Å². The van der Waals surface area contributed by atoms with E-state index in [0.29, 0.717) is 28.6 Å². The van der Waals surface area contributed by atoms with Crippen molar-refractivity contribution in [3.63, 3.8) is 0 Å². The first-order valence-corrected chi connectivity index (χ1v) is 10.2. The van der Waals surface area contributed by atoms with Gasteiger partial charge in [0.25, 0.3) is 0 Å². The van der Waals surface area contributed by atoms with Gasteiger partial charge in [-0.15, -0.1) is 11.8 Å². The Kier molecular flexibility index (Phi) is 8.50. The minimum absolute atomic E-state index is 0.0282. The summed E-state index contributed by atoms with van der Waals surface area (Å²) in [5, 5.41) is 3.33. The van der Waals surface area contributed by atoms with Crippen molar-refractivity contribution in [2.75, 3.05) is 18.1 Å². The molecule has 0 fully saturated rings. The van der Waals surface area contributed by atoms with Gasteiger partial charge in [0, 0.05) is 34.4 Å². The average molecular weight is 384 g/mol. The second kappa shape index (κ2) is 10.6. The van der Waals surface area contributed by atoms with E-state index >= 15 is 0 Å². The molecule has 0 radical (unpaired) electrons. The van der Waals surface area contributed by atoms with E-state index < -0.39 is 0 Å². The van der Waals surface area contributed by atoms with Crippen molar-refractivity contribution in [1.82, 2.24) is 5.32 Å². The highest BCUT2D eigenvalue weighted by molar-refractivity contribution is 7.99. The SMILES string of the molecule is O=C(CSCc1ccccc1)NCCSCc1c(F)cccc1Cl. The van der Waals surface area contributed by atoms with Crippen LogP contribution in [-0.2, 0) is 16.3 Å². The molecule has 2 aromatic rings. The van der Waals surface area contributed by atoms with Crippen LogP contribution in [0.15, 0.2) is 48.5 Å². The highest BCUT2D eigenvalue weighted by atomic mass is 35.5. The van der Waals surface area contributed by atoms with E-state index in [1.165, 1.54) is 11.6 Å². The molecule has 0 atom stereocenters. The summed E-state index contributed by atoms with van der Waals surface area (Å²) in [5.74, 6) is 2.24. The molecule has 2 nitrogen and oxygen atoms in total. The third kappa shape index (κ3) is 6.75. The van der Waals surface area contributed by atoms with Crippen molar-refractivity contribution in [3.05, 3.63) is 70.5 Å². The summed E-state index contributed by atoms with van der Waals surface area (Å²) >= 11 is 9.12. The molecule has 0 bridgehead atoms. The molecule has 0 aliphatic carbocycles. The summed E-state index contributed by atoms with van der Waals surface area (Å²) in [6.07, 6.45) is 0. The van der Waals surface area contributed by atoms with Gasteiger partial charge in [-0.25, -0.2) is 4.39 Å². The maximum Gasteiger partial charge on any atom is 0.230 e. The Morgan fingerprint density at radius 3 is 2.58 bits per heavy atom. The standard InChI is InChI=1S/C18H19ClFNOS2/c19-16-7-4-8-17(20)15(16)12-23-10-9-21-18(22)13-24-11-14-5-2-1-3-6-14/h1-8H,9-13H2,(H,21,22). The fourth-order valence-electron chi connectivity index (χ4n) is 1.99. The second-order valence-electron chi connectivity index (χ2n) is 5.08. The first-order valence-electron chi connectivity index (χ1n) is 7.56. The molecule has 2 aromatic carbocycles. The lowest BCUT2D eigenvalue weighted by atomic mass is 10.2. The molecule has 1 amide bonds. The van der Waals surface area contributed by atoms with Gasteiger partial charge in [-0.1, -0.05) is 48.0 Å². The molecule has 6 heteroatoms. The fourth-order valence-corrected chi connectivity index (χ4v) is 4.01. The van der Waals surface area contributed by atoms with Crippen LogP contribution in [0.4, 0.5) is 4.39 Å². The summed E-state index contributed by atoms with van der Waals surface area (Å²) in [6.45, 7) is 0.571. The van der Waals surface area contributed by atoms with Crippen molar-refractivity contribution in [2.45, 2.75) is 11.5 Å². The number of nitrogens with one attached hydrogen (secondary N) is 1. The largest absolute Gasteiger partial charge is 0.355 e. The molecular weight excluding hydrogens is 365 g/mol. The van der Waals surface area contributed by atoms with Gasteiger partial charge in [0.05, 0.1) is 5.75 Å². The molecule has 24 heavy (non-hydrogen) atoms. The summed E-state index contributed by atoms with van der Waals surface area (Å²) in [7, 11) is 0. The Balaban J connectivity index is 1.56. The van der Waals surface area contributed by atoms with Gasteiger partial charge in [0.1, 0.15) is 5.82 Å². The van der Waals surface area contributed by atoms with E-state index in [-0.39, 0.29) is 11.7 Å². The molecule has 2 rings (SSSR count). The van der Waals surface area contributed by atoms with E-state index in [1.54, 1.807) is 35.7 Å². The van der Waals surface area contributed by atoms with Crippen LogP contribution in [0.2, 0.25) is 5.02 Å². The zero-order valence-corrected chi connectivity index (χ0v) is 15.5. The van der Waals surface area contributed by atoms with E-state index in [4.69, 9.17) is 11.6 Å². The smallest absolute Gasteiger partial charge is 0.230 e. The van der Waals surface area contributed by atoms with Crippen molar-refractivity contribution >= 4 is 41.0 Å². The topological polar surface area (TPSA) is 29.1 Å². The van der Waals surface area contributed by atoms with E-state index in [2.05, 4.69) is 17.4 Å². The second-order valence-corrected chi connectivity index (χ2v) is 7.58. The van der Waals surface area contributed by atoms with Crippen molar-refractivity contribution < 1.29 is 9.18 Å². The first-order chi connectivity index (χ1) is 11.7. The van der Waals surface area contributed by atoms with Crippen LogP contribution in [0, 0.1) is 5.82 Å². The van der Waals surface area contributed by atoms with E-state index in [0.717, 1.165) is 11.5 Å². The predicted molar refractivity (Wildman–Crippen MR) is 103 cm³/mol. The molecule has 1 N–H and O–H groups in total. The third-order valence-electron chi connectivity index (χ3n) is 3.22. The number of rotatable bonds is 9. The molecule has 0 saturated carbocycles. The lowest BCUT2D eigenvalue weighted by Gasteiger charge is -2.07. The summed E-state index contributed by atoms with van der Waals surface area (Å²) < 4.78 is 13.6. The number of hydrogen-bond acceptors (Lipinski definition) is 3. The van der Waals surface area contributed by atoms with Crippen molar-refractivity contribution in [2.24, 2.45) is 0 Å². The number of carbonyl (C=O) groups excluding carboxylic acids is 1. The van der Waals surface area contributed by atoms with Gasteiger partial charge in [-0.3, -0.25) is 4.79 Å². The van der Waals surface area contributed by atoms with Crippen LogP contribution >= 0.6 is 35.1 Å². The Morgan fingerprint density at radius 1 is 1.04 bits per heavy atom. The average Bonchev–Trinajstić information content (AvgIpc) is 2.58. The Bertz CT molecular complexity index is 634. The predicted octanol–water partition coefficient (Wildman–Crippen LogP) is 4.76. The molecule has 0 unspecified atom stereocenters. The van der Waals surface area contributed by atoms with Gasteiger partial charge in [-0.2, -0.15) is 11.8 Å². The van der Waals surface area contributed by atoms with Gasteiger partial charge in [-0.05, 0) is 17.7 Å². The van der Waals surface area contributed by atoms with Crippen molar-refractivity contribution in [3.8, 4) is 0 Å². The number of carbonyl (C=O) groups is 1. The Labute approximate surface area is 155 Å². The zero-order valence-electron chi connectivity index (χ0n) is 13.1. The molecule has 0 saturated heterocycles.